The molecule has 3 heteroatoms. The molecule has 1 unspecified atom stereocenters. The summed E-state index contributed by atoms with van der Waals surface area (Å²) in [4.78, 5) is 11.3. The number of unbranched alkanes of at least 4 members (excludes halogenated alkanes) is 4. The summed E-state index contributed by atoms with van der Waals surface area (Å²) >= 11 is 0. The van der Waals surface area contributed by atoms with Crippen LogP contribution in [0.25, 0.3) is 0 Å². The van der Waals surface area contributed by atoms with E-state index in [1.807, 2.05) is 6.92 Å². The van der Waals surface area contributed by atoms with Crippen LogP contribution in [0.15, 0.2) is 0 Å². The van der Waals surface area contributed by atoms with Gasteiger partial charge in [0.1, 0.15) is 0 Å². The van der Waals surface area contributed by atoms with Gasteiger partial charge in [-0.3, -0.25) is 4.79 Å². The number of nitriles is 1. The summed E-state index contributed by atoms with van der Waals surface area (Å²) in [6, 6.07) is 2.09. The van der Waals surface area contributed by atoms with Crippen molar-refractivity contribution in [2.45, 2.75) is 52.4 Å². The molecule has 0 spiro atoms. The van der Waals surface area contributed by atoms with Crippen molar-refractivity contribution < 1.29 is 4.79 Å². The lowest BCUT2D eigenvalue weighted by Crippen LogP contribution is -2.27. The van der Waals surface area contributed by atoms with Gasteiger partial charge in [0.25, 0.3) is 0 Å². The number of carbonyl (C=O) groups excluding carboxylic acids is 1. The number of hydrogen-bond acceptors (Lipinski definition) is 2. The van der Waals surface area contributed by atoms with E-state index in [0.717, 1.165) is 12.8 Å². The Morgan fingerprint density at radius 1 is 1.33 bits per heavy atom. The fourth-order valence-corrected chi connectivity index (χ4v) is 1.29. The molecule has 0 fully saturated rings. The van der Waals surface area contributed by atoms with Gasteiger partial charge in [-0.25, -0.2) is 0 Å². The zero-order valence-corrected chi connectivity index (χ0v) is 9.88. The average molecular weight is 210 g/mol. The van der Waals surface area contributed by atoms with E-state index >= 15 is 0 Å². The van der Waals surface area contributed by atoms with Crippen molar-refractivity contribution >= 4 is 5.91 Å². The molecule has 0 aromatic carbocycles. The molecule has 1 atom stereocenters. The average Bonchev–Trinajstić information content (AvgIpc) is 2.25. The van der Waals surface area contributed by atoms with Gasteiger partial charge in [0, 0.05) is 13.0 Å². The van der Waals surface area contributed by atoms with E-state index in [2.05, 4.69) is 18.3 Å². The topological polar surface area (TPSA) is 52.9 Å². The van der Waals surface area contributed by atoms with Crippen LogP contribution >= 0.6 is 0 Å². The van der Waals surface area contributed by atoms with Crippen LogP contribution in [0, 0.1) is 17.2 Å². The van der Waals surface area contributed by atoms with Gasteiger partial charge in [-0.05, 0) is 13.3 Å². The van der Waals surface area contributed by atoms with Gasteiger partial charge < -0.3 is 5.32 Å². The van der Waals surface area contributed by atoms with Crippen LogP contribution in [0.4, 0.5) is 0 Å². The minimum Gasteiger partial charge on any atom is -0.355 e. The minimum absolute atomic E-state index is 0.0774. The third kappa shape index (κ3) is 9.27. The molecule has 0 saturated heterocycles. The molecule has 0 aromatic heterocycles. The zero-order chi connectivity index (χ0) is 11.5. The molecular formula is C12H22N2O. The summed E-state index contributed by atoms with van der Waals surface area (Å²) in [6.07, 6.45) is 6.40. The van der Waals surface area contributed by atoms with Crippen LogP contribution in [-0.2, 0) is 4.79 Å². The van der Waals surface area contributed by atoms with Gasteiger partial charge in [0.2, 0.25) is 5.91 Å². The lowest BCUT2D eigenvalue weighted by Gasteiger charge is -2.05. The number of carbonyl (C=O) groups is 1. The Balaban J connectivity index is 3.31. The molecule has 3 nitrogen and oxygen atoms in total. The highest BCUT2D eigenvalue weighted by molar-refractivity contribution is 5.75. The quantitative estimate of drug-likeness (QED) is 0.626. The highest BCUT2D eigenvalue weighted by atomic mass is 16.1. The Bertz CT molecular complexity index is 208. The minimum atomic E-state index is -0.0889. The maximum atomic E-state index is 11.3. The molecule has 0 rings (SSSR count). The first-order valence-electron chi connectivity index (χ1n) is 5.87. The Morgan fingerprint density at radius 3 is 2.60 bits per heavy atom. The van der Waals surface area contributed by atoms with E-state index < -0.39 is 0 Å². The van der Waals surface area contributed by atoms with E-state index in [-0.39, 0.29) is 11.8 Å². The summed E-state index contributed by atoms with van der Waals surface area (Å²) in [5.41, 5.74) is 0. The standard InChI is InChI=1S/C12H22N2O/c1-3-4-5-6-7-8-12(15)14-10-11(2)9-13/h11H,3-8,10H2,1-2H3,(H,14,15). The molecule has 0 heterocycles. The summed E-state index contributed by atoms with van der Waals surface area (Å²) in [6.45, 7) is 4.46. The fraction of sp³-hybridized carbons (Fsp3) is 0.833. The molecule has 15 heavy (non-hydrogen) atoms. The molecule has 0 aliphatic carbocycles. The summed E-state index contributed by atoms with van der Waals surface area (Å²) < 4.78 is 0. The van der Waals surface area contributed by atoms with E-state index in [0.29, 0.717) is 13.0 Å². The molecule has 1 N–H and O–H groups in total. The molecule has 1 amide bonds. The van der Waals surface area contributed by atoms with Gasteiger partial charge in [0.05, 0.1) is 12.0 Å². The molecule has 0 aromatic rings. The maximum absolute atomic E-state index is 11.3. The largest absolute Gasteiger partial charge is 0.355 e. The van der Waals surface area contributed by atoms with E-state index in [9.17, 15) is 4.79 Å². The van der Waals surface area contributed by atoms with E-state index in [1.165, 1.54) is 19.3 Å². The molecule has 0 saturated carbocycles. The van der Waals surface area contributed by atoms with Crippen LogP contribution in [0.2, 0.25) is 0 Å². The molecular weight excluding hydrogens is 188 g/mol. The van der Waals surface area contributed by atoms with Gasteiger partial charge in [0.15, 0.2) is 0 Å². The lowest BCUT2D eigenvalue weighted by atomic mass is 10.1. The first-order valence-corrected chi connectivity index (χ1v) is 5.87. The molecule has 0 aliphatic heterocycles. The smallest absolute Gasteiger partial charge is 0.220 e. The highest BCUT2D eigenvalue weighted by Gasteiger charge is 2.03. The van der Waals surface area contributed by atoms with Crippen molar-refractivity contribution in [3.05, 3.63) is 0 Å². The number of amides is 1. The molecule has 86 valence electrons. The SMILES string of the molecule is CCCCCCCC(=O)NCC(C)C#N. The Hall–Kier alpha value is -1.04. The second-order valence-electron chi connectivity index (χ2n) is 4.00. The van der Waals surface area contributed by atoms with Crippen molar-refractivity contribution in [2.75, 3.05) is 6.54 Å². The van der Waals surface area contributed by atoms with Gasteiger partial charge >= 0.3 is 0 Å². The lowest BCUT2D eigenvalue weighted by molar-refractivity contribution is -0.121. The third-order valence-electron chi connectivity index (χ3n) is 2.33. The monoisotopic (exact) mass is 210 g/mol. The van der Waals surface area contributed by atoms with Crippen molar-refractivity contribution in [1.29, 1.82) is 5.26 Å². The number of rotatable bonds is 8. The van der Waals surface area contributed by atoms with Crippen molar-refractivity contribution in [3.63, 3.8) is 0 Å². The van der Waals surface area contributed by atoms with Crippen LogP contribution in [0.1, 0.15) is 52.4 Å². The Morgan fingerprint density at radius 2 is 2.00 bits per heavy atom. The molecule has 0 aliphatic rings. The number of hydrogen-bond donors (Lipinski definition) is 1. The van der Waals surface area contributed by atoms with E-state index in [1.54, 1.807) is 0 Å². The van der Waals surface area contributed by atoms with Crippen LogP contribution in [0.5, 0.6) is 0 Å². The fourth-order valence-electron chi connectivity index (χ4n) is 1.29. The summed E-state index contributed by atoms with van der Waals surface area (Å²) in [5.74, 6) is -0.0114. The van der Waals surface area contributed by atoms with Gasteiger partial charge in [-0.2, -0.15) is 5.26 Å². The summed E-state index contributed by atoms with van der Waals surface area (Å²) in [5, 5.41) is 11.3. The molecule has 0 radical (unpaired) electrons. The van der Waals surface area contributed by atoms with Crippen LogP contribution in [0.3, 0.4) is 0 Å². The Labute approximate surface area is 92.9 Å². The second-order valence-corrected chi connectivity index (χ2v) is 4.00. The predicted octanol–water partition coefficient (Wildman–Crippen LogP) is 2.62. The number of nitrogens with zero attached hydrogens (tertiary/aromatic N) is 1. The normalized spacial score (nSPS) is 11.8. The second kappa shape index (κ2) is 9.51. The van der Waals surface area contributed by atoms with Gasteiger partial charge in [-0.1, -0.05) is 32.6 Å². The van der Waals surface area contributed by atoms with Crippen molar-refractivity contribution in [3.8, 4) is 6.07 Å². The molecule has 0 bridgehead atoms. The van der Waals surface area contributed by atoms with Crippen molar-refractivity contribution in [1.82, 2.24) is 5.32 Å². The maximum Gasteiger partial charge on any atom is 0.220 e. The summed E-state index contributed by atoms with van der Waals surface area (Å²) in [7, 11) is 0. The third-order valence-corrected chi connectivity index (χ3v) is 2.33. The van der Waals surface area contributed by atoms with Crippen LogP contribution in [-0.4, -0.2) is 12.5 Å². The first-order chi connectivity index (χ1) is 7.20. The Kier molecular flexibility index (Phi) is 8.85. The number of nitrogens with one attached hydrogen (secondary N) is 1. The van der Waals surface area contributed by atoms with E-state index in [4.69, 9.17) is 5.26 Å². The first kappa shape index (κ1) is 14.0. The zero-order valence-electron chi connectivity index (χ0n) is 9.88. The van der Waals surface area contributed by atoms with Crippen LogP contribution < -0.4 is 5.32 Å². The van der Waals surface area contributed by atoms with Gasteiger partial charge in [-0.15, -0.1) is 0 Å². The predicted molar refractivity (Wildman–Crippen MR) is 61.2 cm³/mol. The van der Waals surface area contributed by atoms with Crippen molar-refractivity contribution in [2.24, 2.45) is 5.92 Å². The highest BCUT2D eigenvalue weighted by Crippen LogP contribution is 2.04.